The molecule has 0 aliphatic heterocycles. The normalized spacial score (nSPS) is 11.5. The molecule has 0 aliphatic rings. The average molecular weight is 485 g/mol. The van der Waals surface area contributed by atoms with Gasteiger partial charge in [-0.15, -0.1) is 15.3 Å². The molecule has 176 valence electrons. The maximum atomic E-state index is 13.2. The van der Waals surface area contributed by atoms with Gasteiger partial charge in [0.2, 0.25) is 21.8 Å². The van der Waals surface area contributed by atoms with E-state index in [9.17, 15) is 17.6 Å². The molecule has 2 heterocycles. The molecule has 2 N–H and O–H groups in total. The first kappa shape index (κ1) is 23.3. The maximum absolute atomic E-state index is 13.2. The van der Waals surface area contributed by atoms with E-state index in [0.29, 0.717) is 29.1 Å². The third-order valence-electron chi connectivity index (χ3n) is 4.75. The SMILES string of the molecule is CCC(=O)Nc1ccc(S(=O)(=O)NCCOc2ccc3nnc(-c4ccc(F)cc4)n3n2)cc1. The van der Waals surface area contributed by atoms with Gasteiger partial charge in [0.05, 0.1) is 4.90 Å². The molecule has 12 heteroatoms. The molecule has 0 bridgehead atoms. The van der Waals surface area contributed by atoms with E-state index in [1.807, 2.05) is 0 Å². The molecule has 4 aromatic rings. The summed E-state index contributed by atoms with van der Waals surface area (Å²) >= 11 is 0. The Morgan fingerprint density at radius 3 is 2.47 bits per heavy atom. The molecule has 0 atom stereocenters. The lowest BCUT2D eigenvalue weighted by molar-refractivity contribution is -0.115. The van der Waals surface area contributed by atoms with Gasteiger partial charge in [0.25, 0.3) is 0 Å². The summed E-state index contributed by atoms with van der Waals surface area (Å²) in [5, 5.41) is 15.1. The molecular weight excluding hydrogens is 463 g/mol. The fourth-order valence-corrected chi connectivity index (χ4v) is 4.02. The number of rotatable bonds is 9. The van der Waals surface area contributed by atoms with E-state index in [1.54, 1.807) is 31.2 Å². The van der Waals surface area contributed by atoms with Gasteiger partial charge in [-0.3, -0.25) is 4.79 Å². The molecule has 0 spiro atoms. The molecule has 1 amide bonds. The number of halogens is 1. The summed E-state index contributed by atoms with van der Waals surface area (Å²) in [5.41, 5.74) is 1.63. The molecule has 10 nitrogen and oxygen atoms in total. The van der Waals surface area contributed by atoms with Crippen molar-refractivity contribution in [3.8, 4) is 17.3 Å². The highest BCUT2D eigenvalue weighted by Gasteiger charge is 2.14. The van der Waals surface area contributed by atoms with Gasteiger partial charge in [-0.1, -0.05) is 6.92 Å². The Morgan fingerprint density at radius 2 is 1.76 bits per heavy atom. The van der Waals surface area contributed by atoms with Crippen LogP contribution in [0.25, 0.3) is 17.0 Å². The highest BCUT2D eigenvalue weighted by atomic mass is 32.2. The molecular formula is C22H21FN6O4S. The monoisotopic (exact) mass is 484 g/mol. The van der Waals surface area contributed by atoms with Crippen LogP contribution in [-0.4, -0.2) is 47.3 Å². The molecule has 0 saturated carbocycles. The van der Waals surface area contributed by atoms with Crippen molar-refractivity contribution in [1.82, 2.24) is 24.5 Å². The number of sulfonamides is 1. The van der Waals surface area contributed by atoms with Gasteiger partial charge in [0, 0.05) is 30.3 Å². The Morgan fingerprint density at radius 1 is 1.03 bits per heavy atom. The summed E-state index contributed by atoms with van der Waals surface area (Å²) in [5.74, 6) is 0.135. The van der Waals surface area contributed by atoms with Crippen molar-refractivity contribution in [3.05, 3.63) is 66.5 Å². The number of hydrogen-bond donors (Lipinski definition) is 2. The predicted octanol–water partition coefficient (Wildman–Crippen LogP) is 2.64. The second-order valence-corrected chi connectivity index (χ2v) is 8.91. The van der Waals surface area contributed by atoms with E-state index in [1.165, 1.54) is 40.9 Å². The Kier molecular flexibility index (Phi) is 6.80. The number of carbonyl (C=O) groups excluding carboxylic acids is 1. The minimum Gasteiger partial charge on any atom is -0.475 e. The number of anilines is 1. The van der Waals surface area contributed by atoms with Gasteiger partial charge in [-0.2, -0.15) is 4.52 Å². The number of nitrogens with one attached hydrogen (secondary N) is 2. The standard InChI is InChI=1S/C22H21FN6O4S/c1-2-20(30)25-17-7-9-18(10-8-17)34(31,32)24-13-14-33-21-12-11-19-26-27-22(29(19)28-21)15-3-5-16(23)6-4-15/h3-12,24H,2,13-14H2,1H3,(H,25,30). The van der Waals surface area contributed by atoms with Crippen molar-refractivity contribution in [3.63, 3.8) is 0 Å². The van der Waals surface area contributed by atoms with Crippen LogP contribution in [0.2, 0.25) is 0 Å². The van der Waals surface area contributed by atoms with Crippen LogP contribution in [0.4, 0.5) is 10.1 Å². The van der Waals surface area contributed by atoms with Crippen LogP contribution in [0.15, 0.2) is 65.6 Å². The van der Waals surface area contributed by atoms with E-state index in [4.69, 9.17) is 4.74 Å². The number of hydrogen-bond acceptors (Lipinski definition) is 7. The number of benzene rings is 2. The lowest BCUT2D eigenvalue weighted by Gasteiger charge is -2.09. The van der Waals surface area contributed by atoms with E-state index in [-0.39, 0.29) is 35.7 Å². The lowest BCUT2D eigenvalue weighted by Crippen LogP contribution is -2.28. The van der Waals surface area contributed by atoms with Gasteiger partial charge in [-0.25, -0.2) is 17.5 Å². The van der Waals surface area contributed by atoms with Crippen LogP contribution in [0.5, 0.6) is 5.88 Å². The quantitative estimate of drug-likeness (QED) is 0.350. The number of aromatic nitrogens is 4. The first-order valence-electron chi connectivity index (χ1n) is 10.4. The Bertz CT molecular complexity index is 1410. The highest BCUT2D eigenvalue weighted by molar-refractivity contribution is 7.89. The average Bonchev–Trinajstić information content (AvgIpc) is 3.26. The molecule has 2 aromatic heterocycles. The molecule has 0 unspecified atom stereocenters. The zero-order chi connectivity index (χ0) is 24.1. The second kappa shape index (κ2) is 9.93. The van der Waals surface area contributed by atoms with Gasteiger partial charge in [0.15, 0.2) is 11.5 Å². The smallest absolute Gasteiger partial charge is 0.240 e. The maximum Gasteiger partial charge on any atom is 0.240 e. The topological polar surface area (TPSA) is 128 Å². The van der Waals surface area contributed by atoms with Crippen LogP contribution in [0.3, 0.4) is 0 Å². The van der Waals surface area contributed by atoms with Crippen molar-refractivity contribution in [2.75, 3.05) is 18.5 Å². The van der Waals surface area contributed by atoms with Crippen molar-refractivity contribution in [1.29, 1.82) is 0 Å². The molecule has 0 radical (unpaired) electrons. The van der Waals surface area contributed by atoms with Crippen LogP contribution in [0.1, 0.15) is 13.3 Å². The van der Waals surface area contributed by atoms with Gasteiger partial charge in [-0.05, 0) is 54.6 Å². The van der Waals surface area contributed by atoms with E-state index >= 15 is 0 Å². The van der Waals surface area contributed by atoms with E-state index in [0.717, 1.165) is 0 Å². The predicted molar refractivity (Wildman–Crippen MR) is 122 cm³/mol. The fraction of sp³-hybridized carbons (Fsp3) is 0.182. The summed E-state index contributed by atoms with van der Waals surface area (Å²) in [7, 11) is -3.76. The summed E-state index contributed by atoms with van der Waals surface area (Å²) < 4.78 is 47.7. The van der Waals surface area contributed by atoms with E-state index in [2.05, 4.69) is 25.3 Å². The lowest BCUT2D eigenvalue weighted by atomic mass is 10.2. The summed E-state index contributed by atoms with van der Waals surface area (Å²) in [6.45, 7) is 1.75. The summed E-state index contributed by atoms with van der Waals surface area (Å²) in [6, 6.07) is 14.9. The first-order valence-corrected chi connectivity index (χ1v) is 11.8. The molecule has 4 rings (SSSR count). The number of nitrogens with zero attached hydrogens (tertiary/aromatic N) is 4. The fourth-order valence-electron chi connectivity index (χ4n) is 3.01. The molecule has 2 aromatic carbocycles. The van der Waals surface area contributed by atoms with Crippen molar-refractivity contribution >= 4 is 27.3 Å². The number of fused-ring (bicyclic) bond motifs is 1. The summed E-state index contributed by atoms with van der Waals surface area (Å²) in [4.78, 5) is 11.5. The minimum atomic E-state index is -3.76. The zero-order valence-electron chi connectivity index (χ0n) is 18.1. The summed E-state index contributed by atoms with van der Waals surface area (Å²) in [6.07, 6.45) is 0.328. The van der Waals surface area contributed by atoms with Crippen LogP contribution in [-0.2, 0) is 14.8 Å². The highest BCUT2D eigenvalue weighted by Crippen LogP contribution is 2.19. The van der Waals surface area contributed by atoms with Crippen molar-refractivity contribution in [2.24, 2.45) is 0 Å². The third kappa shape index (κ3) is 5.35. The zero-order valence-corrected chi connectivity index (χ0v) is 18.9. The van der Waals surface area contributed by atoms with Crippen LogP contribution in [0, 0.1) is 5.82 Å². The second-order valence-electron chi connectivity index (χ2n) is 7.14. The minimum absolute atomic E-state index is 0.00334. The van der Waals surface area contributed by atoms with Gasteiger partial charge < -0.3 is 10.1 Å². The van der Waals surface area contributed by atoms with Crippen LogP contribution < -0.4 is 14.8 Å². The first-order chi connectivity index (χ1) is 16.4. The Balaban J connectivity index is 1.36. The van der Waals surface area contributed by atoms with Gasteiger partial charge in [0.1, 0.15) is 12.4 Å². The van der Waals surface area contributed by atoms with Crippen molar-refractivity contribution in [2.45, 2.75) is 18.2 Å². The number of carbonyl (C=O) groups is 1. The van der Waals surface area contributed by atoms with E-state index < -0.39 is 10.0 Å². The van der Waals surface area contributed by atoms with Gasteiger partial charge >= 0.3 is 0 Å². The molecule has 0 aliphatic carbocycles. The molecule has 34 heavy (non-hydrogen) atoms. The number of amides is 1. The Labute approximate surface area is 194 Å². The number of ether oxygens (including phenoxy) is 1. The van der Waals surface area contributed by atoms with Crippen LogP contribution >= 0.6 is 0 Å². The largest absolute Gasteiger partial charge is 0.475 e. The molecule has 0 fully saturated rings. The molecule has 0 saturated heterocycles. The van der Waals surface area contributed by atoms with Crippen molar-refractivity contribution < 1.29 is 22.3 Å². The Hall–Kier alpha value is -3.90. The third-order valence-corrected chi connectivity index (χ3v) is 6.23.